The van der Waals surface area contributed by atoms with Crippen LogP contribution in [0.25, 0.3) is 0 Å². The smallest absolute Gasteiger partial charge is 0.271 e. The summed E-state index contributed by atoms with van der Waals surface area (Å²) < 4.78 is 11.4. The lowest BCUT2D eigenvalue weighted by atomic mass is 10.1. The van der Waals surface area contributed by atoms with Gasteiger partial charge in [0, 0.05) is 18.7 Å². The Morgan fingerprint density at radius 1 is 1.03 bits per heavy atom. The molecule has 2 aromatic rings. The third-order valence-electron chi connectivity index (χ3n) is 4.74. The second-order valence-electron chi connectivity index (χ2n) is 6.93. The average Bonchev–Trinajstić information content (AvgIpc) is 2.79. The van der Waals surface area contributed by atoms with Gasteiger partial charge in [0.15, 0.2) is 18.1 Å². The predicted octanol–water partition coefficient (Wildman–Crippen LogP) is 3.24. The molecule has 1 heterocycles. The molecule has 30 heavy (non-hydrogen) atoms. The van der Waals surface area contributed by atoms with Crippen molar-refractivity contribution in [3.05, 3.63) is 59.7 Å². The second kappa shape index (κ2) is 11.0. The number of likely N-dealkylation sites (tertiary alicyclic amines) is 1. The fourth-order valence-electron chi connectivity index (χ4n) is 3.19. The van der Waals surface area contributed by atoms with Crippen molar-refractivity contribution in [2.75, 3.05) is 26.3 Å². The molecule has 3 rings (SSSR count). The summed E-state index contributed by atoms with van der Waals surface area (Å²) in [5, 5.41) is 4.00. The first-order valence-corrected chi connectivity index (χ1v) is 10.2. The van der Waals surface area contributed by atoms with Crippen LogP contribution in [0.3, 0.4) is 0 Å². The molecule has 2 amide bonds. The molecule has 1 aliphatic rings. The summed E-state index contributed by atoms with van der Waals surface area (Å²) in [6, 6.07) is 14.2. The number of ether oxygens (including phenoxy) is 2. The number of benzene rings is 2. The van der Waals surface area contributed by atoms with E-state index in [0.717, 1.165) is 31.5 Å². The lowest BCUT2D eigenvalue weighted by Gasteiger charge is -2.26. The summed E-state index contributed by atoms with van der Waals surface area (Å²) in [5.74, 6) is 0.745. The number of hydrogen-bond acceptors (Lipinski definition) is 5. The topological polar surface area (TPSA) is 80.2 Å². The van der Waals surface area contributed by atoms with Gasteiger partial charge in [-0.2, -0.15) is 5.10 Å². The summed E-state index contributed by atoms with van der Waals surface area (Å²) in [7, 11) is 0. The molecule has 1 saturated heterocycles. The third kappa shape index (κ3) is 6.07. The Labute approximate surface area is 176 Å². The summed E-state index contributed by atoms with van der Waals surface area (Å²) in [6.45, 7) is 3.92. The molecule has 0 unspecified atom stereocenters. The molecule has 0 radical (unpaired) electrons. The van der Waals surface area contributed by atoms with E-state index in [-0.39, 0.29) is 18.4 Å². The predicted molar refractivity (Wildman–Crippen MR) is 115 cm³/mol. The molecule has 0 bridgehead atoms. The van der Waals surface area contributed by atoms with Gasteiger partial charge in [-0.1, -0.05) is 18.2 Å². The second-order valence-corrected chi connectivity index (χ2v) is 6.93. The molecular weight excluding hydrogens is 382 g/mol. The number of hydrazone groups is 1. The van der Waals surface area contributed by atoms with Crippen LogP contribution >= 0.6 is 0 Å². The molecule has 0 atom stereocenters. The van der Waals surface area contributed by atoms with Gasteiger partial charge in [0.2, 0.25) is 0 Å². The monoisotopic (exact) mass is 409 g/mol. The molecule has 1 aliphatic heterocycles. The molecule has 1 N–H and O–H groups in total. The Morgan fingerprint density at radius 3 is 2.53 bits per heavy atom. The maximum absolute atomic E-state index is 12.3. The van der Waals surface area contributed by atoms with Gasteiger partial charge < -0.3 is 14.4 Å². The van der Waals surface area contributed by atoms with Gasteiger partial charge in [-0.25, -0.2) is 5.43 Å². The van der Waals surface area contributed by atoms with E-state index in [1.807, 2.05) is 17.9 Å². The van der Waals surface area contributed by atoms with Gasteiger partial charge >= 0.3 is 0 Å². The van der Waals surface area contributed by atoms with Crippen LogP contribution in [0.1, 0.15) is 42.1 Å². The minimum absolute atomic E-state index is 0.00795. The van der Waals surface area contributed by atoms with Crippen molar-refractivity contribution in [3.63, 3.8) is 0 Å². The van der Waals surface area contributed by atoms with Crippen molar-refractivity contribution in [2.45, 2.75) is 26.2 Å². The molecule has 158 valence electrons. The van der Waals surface area contributed by atoms with E-state index in [0.29, 0.717) is 23.7 Å². The minimum Gasteiger partial charge on any atom is -0.490 e. The van der Waals surface area contributed by atoms with Crippen LogP contribution in [0.4, 0.5) is 0 Å². The van der Waals surface area contributed by atoms with Crippen LogP contribution in [-0.4, -0.2) is 49.2 Å². The number of rotatable bonds is 8. The number of carbonyl (C=O) groups excluding carboxylic acids is 2. The number of amides is 2. The molecule has 0 aromatic heterocycles. The molecule has 0 spiro atoms. The van der Waals surface area contributed by atoms with Crippen LogP contribution in [0.15, 0.2) is 53.6 Å². The van der Waals surface area contributed by atoms with Crippen molar-refractivity contribution in [1.29, 1.82) is 0 Å². The van der Waals surface area contributed by atoms with Crippen LogP contribution in [-0.2, 0) is 4.79 Å². The number of nitrogens with one attached hydrogen (secondary N) is 1. The van der Waals surface area contributed by atoms with Crippen molar-refractivity contribution in [2.24, 2.45) is 5.10 Å². The van der Waals surface area contributed by atoms with Crippen LogP contribution in [0.2, 0.25) is 0 Å². The van der Waals surface area contributed by atoms with Gasteiger partial charge in [0.25, 0.3) is 11.8 Å². The average molecular weight is 409 g/mol. The number of hydrogen-bond donors (Lipinski definition) is 1. The molecule has 7 heteroatoms. The number of nitrogens with zero attached hydrogens (tertiary/aromatic N) is 2. The summed E-state index contributed by atoms with van der Waals surface area (Å²) >= 11 is 0. The van der Waals surface area contributed by atoms with E-state index in [9.17, 15) is 9.59 Å². The van der Waals surface area contributed by atoms with Gasteiger partial charge in [-0.05, 0) is 62.1 Å². The SMILES string of the molecule is CCOc1cc(/C=N\NC(=O)c2ccccc2)ccc1OCC(=O)N1CCCCC1. The third-order valence-corrected chi connectivity index (χ3v) is 4.74. The molecular formula is C23H27N3O4. The highest BCUT2D eigenvalue weighted by Crippen LogP contribution is 2.28. The van der Waals surface area contributed by atoms with Crippen molar-refractivity contribution in [1.82, 2.24) is 10.3 Å². The largest absolute Gasteiger partial charge is 0.490 e. The van der Waals surface area contributed by atoms with Crippen molar-refractivity contribution in [3.8, 4) is 11.5 Å². The van der Waals surface area contributed by atoms with Gasteiger partial charge in [-0.3, -0.25) is 9.59 Å². The quantitative estimate of drug-likeness (QED) is 0.536. The fourth-order valence-corrected chi connectivity index (χ4v) is 3.19. The summed E-state index contributed by atoms with van der Waals surface area (Å²) in [5.41, 5.74) is 3.77. The van der Waals surface area contributed by atoms with E-state index in [1.165, 1.54) is 12.6 Å². The lowest BCUT2D eigenvalue weighted by molar-refractivity contribution is -0.134. The lowest BCUT2D eigenvalue weighted by Crippen LogP contribution is -2.38. The highest BCUT2D eigenvalue weighted by Gasteiger charge is 2.17. The van der Waals surface area contributed by atoms with E-state index in [1.54, 1.807) is 42.5 Å². The van der Waals surface area contributed by atoms with Crippen LogP contribution < -0.4 is 14.9 Å². The standard InChI is InChI=1S/C23H27N3O4/c1-2-29-21-15-18(16-24-25-23(28)19-9-5-3-6-10-19)11-12-20(21)30-17-22(27)26-13-7-4-8-14-26/h3,5-6,9-12,15-16H,2,4,7-8,13-14,17H2,1H3,(H,25,28)/b24-16-. The summed E-state index contributed by atoms with van der Waals surface area (Å²) in [4.78, 5) is 26.2. The normalized spacial score (nSPS) is 13.8. The molecule has 1 fully saturated rings. The Balaban J connectivity index is 1.59. The van der Waals surface area contributed by atoms with Crippen LogP contribution in [0.5, 0.6) is 11.5 Å². The summed E-state index contributed by atoms with van der Waals surface area (Å²) in [6.07, 6.45) is 4.80. The first-order chi connectivity index (χ1) is 14.7. The number of carbonyl (C=O) groups is 2. The zero-order chi connectivity index (χ0) is 21.2. The Hall–Kier alpha value is -3.35. The van der Waals surface area contributed by atoms with Gasteiger partial charge in [0.05, 0.1) is 12.8 Å². The molecule has 0 aliphatic carbocycles. The molecule has 7 nitrogen and oxygen atoms in total. The Morgan fingerprint density at radius 2 is 1.80 bits per heavy atom. The first-order valence-electron chi connectivity index (χ1n) is 10.2. The van der Waals surface area contributed by atoms with E-state index >= 15 is 0 Å². The highest BCUT2D eigenvalue weighted by molar-refractivity contribution is 5.94. The van der Waals surface area contributed by atoms with E-state index < -0.39 is 0 Å². The van der Waals surface area contributed by atoms with E-state index in [4.69, 9.17) is 9.47 Å². The zero-order valence-corrected chi connectivity index (χ0v) is 17.2. The molecule has 0 saturated carbocycles. The number of piperidine rings is 1. The maximum Gasteiger partial charge on any atom is 0.271 e. The first kappa shape index (κ1) is 21.4. The Bertz CT molecular complexity index is 877. The molecule has 2 aromatic carbocycles. The maximum atomic E-state index is 12.3. The van der Waals surface area contributed by atoms with Crippen molar-refractivity contribution < 1.29 is 19.1 Å². The minimum atomic E-state index is -0.284. The van der Waals surface area contributed by atoms with Crippen molar-refractivity contribution >= 4 is 18.0 Å². The highest BCUT2D eigenvalue weighted by atomic mass is 16.5. The zero-order valence-electron chi connectivity index (χ0n) is 17.2. The van der Waals surface area contributed by atoms with Gasteiger partial charge in [-0.15, -0.1) is 0 Å². The fraction of sp³-hybridized carbons (Fsp3) is 0.348. The van der Waals surface area contributed by atoms with Gasteiger partial charge in [0.1, 0.15) is 0 Å². The van der Waals surface area contributed by atoms with E-state index in [2.05, 4.69) is 10.5 Å². The Kier molecular flexibility index (Phi) is 7.83. The van der Waals surface area contributed by atoms with Crippen LogP contribution in [0, 0.1) is 0 Å².